The lowest BCUT2D eigenvalue weighted by Gasteiger charge is -2.08. The summed E-state index contributed by atoms with van der Waals surface area (Å²) in [7, 11) is 1.44. The van der Waals surface area contributed by atoms with Crippen LogP contribution in [0.25, 0.3) is 0 Å². The first-order valence-corrected chi connectivity index (χ1v) is 6.13. The van der Waals surface area contributed by atoms with Crippen LogP contribution in [0.2, 0.25) is 0 Å². The first-order chi connectivity index (χ1) is 6.22. The van der Waals surface area contributed by atoms with Gasteiger partial charge in [-0.25, -0.2) is 0 Å². The van der Waals surface area contributed by atoms with Crippen LogP contribution in [0, 0.1) is 5.92 Å². The van der Waals surface area contributed by atoms with Gasteiger partial charge in [0, 0.05) is 4.90 Å². The van der Waals surface area contributed by atoms with Crippen molar-refractivity contribution in [2.45, 2.75) is 18.7 Å². The summed E-state index contributed by atoms with van der Waals surface area (Å²) < 4.78 is 5.53. The van der Waals surface area contributed by atoms with Crippen molar-refractivity contribution < 1.29 is 4.74 Å². The van der Waals surface area contributed by atoms with Crippen LogP contribution in [0.5, 0.6) is 5.75 Å². The van der Waals surface area contributed by atoms with E-state index in [1.54, 1.807) is 0 Å². The molecule has 0 saturated heterocycles. The summed E-state index contributed by atoms with van der Waals surface area (Å²) in [6, 6.07) is 7.96. The topological polar surface area (TPSA) is 9.23 Å². The van der Waals surface area contributed by atoms with E-state index in [4.69, 9.17) is 4.74 Å². The van der Waals surface area contributed by atoms with Gasteiger partial charge in [0.2, 0.25) is 0 Å². The second-order valence-electron chi connectivity index (χ2n) is 3.27. The second kappa shape index (κ2) is 5.45. The van der Waals surface area contributed by atoms with Crippen LogP contribution in [0.3, 0.4) is 0 Å². The van der Waals surface area contributed by atoms with Gasteiger partial charge in [0.25, 0.3) is 0 Å². The smallest absolute Gasteiger partial charge is 0.119 e. The van der Waals surface area contributed by atoms with Crippen LogP contribution >= 0.6 is 22.5 Å². The Morgan fingerprint density at radius 1 is 1.31 bits per heavy atom. The molecule has 72 valence electrons. The summed E-state index contributed by atoms with van der Waals surface area (Å²) in [5, 5.41) is 0. The maximum Gasteiger partial charge on any atom is 0.119 e. The van der Waals surface area contributed by atoms with Gasteiger partial charge in [-0.15, -0.1) is 11.7 Å². The van der Waals surface area contributed by atoms with Gasteiger partial charge >= 0.3 is 0 Å². The van der Waals surface area contributed by atoms with Crippen molar-refractivity contribution in [2.75, 3.05) is 6.61 Å². The molecule has 1 rings (SSSR count). The van der Waals surface area contributed by atoms with Gasteiger partial charge in [-0.2, -0.15) is 0 Å². The van der Waals surface area contributed by atoms with E-state index >= 15 is 0 Å². The minimum atomic E-state index is 0.568. The number of hydrogen-bond acceptors (Lipinski definition) is 3. The quantitative estimate of drug-likeness (QED) is 0.605. The predicted octanol–water partition coefficient (Wildman–Crippen LogP) is 3.66. The molecular weight excluding hydrogens is 200 g/mol. The molecule has 0 spiro atoms. The minimum Gasteiger partial charge on any atom is -0.493 e. The van der Waals surface area contributed by atoms with Crippen LogP contribution in [-0.4, -0.2) is 6.61 Å². The minimum absolute atomic E-state index is 0.568. The molecule has 3 heteroatoms. The van der Waals surface area contributed by atoms with Gasteiger partial charge in [-0.3, -0.25) is 0 Å². The Bertz CT molecular complexity index is 244. The van der Waals surface area contributed by atoms with E-state index in [0.29, 0.717) is 5.92 Å². The highest BCUT2D eigenvalue weighted by molar-refractivity contribution is 8.68. The molecule has 0 aromatic heterocycles. The third kappa shape index (κ3) is 3.96. The maximum absolute atomic E-state index is 5.53. The molecule has 1 aromatic rings. The van der Waals surface area contributed by atoms with Gasteiger partial charge in [-0.05, 0) is 30.2 Å². The standard InChI is InChI=1S/C10H14OS2/c1-8(2)7-11-9-3-5-10(13-12)6-4-9/h3-6,8,12H,7H2,1-2H3. The fraction of sp³-hybridized carbons (Fsp3) is 0.400. The Morgan fingerprint density at radius 2 is 1.92 bits per heavy atom. The summed E-state index contributed by atoms with van der Waals surface area (Å²) in [6.45, 7) is 5.04. The van der Waals surface area contributed by atoms with Gasteiger partial charge in [0.05, 0.1) is 6.61 Å². The molecule has 0 heterocycles. The van der Waals surface area contributed by atoms with Crippen LogP contribution in [0.1, 0.15) is 13.8 Å². The highest BCUT2D eigenvalue weighted by Gasteiger charge is 1.96. The molecule has 0 aliphatic heterocycles. The Morgan fingerprint density at radius 3 is 2.38 bits per heavy atom. The zero-order valence-electron chi connectivity index (χ0n) is 7.86. The molecule has 0 unspecified atom stereocenters. The average Bonchev–Trinajstić information content (AvgIpc) is 2.15. The normalized spacial score (nSPS) is 10.5. The largest absolute Gasteiger partial charge is 0.493 e. The van der Waals surface area contributed by atoms with Crippen LogP contribution in [0.4, 0.5) is 0 Å². The molecule has 1 nitrogen and oxygen atoms in total. The number of rotatable bonds is 4. The van der Waals surface area contributed by atoms with Crippen molar-refractivity contribution in [2.24, 2.45) is 5.92 Å². The van der Waals surface area contributed by atoms with E-state index in [9.17, 15) is 0 Å². The van der Waals surface area contributed by atoms with Crippen molar-refractivity contribution in [3.63, 3.8) is 0 Å². The Balaban J connectivity index is 2.49. The molecule has 0 fully saturated rings. The molecule has 0 bridgehead atoms. The summed E-state index contributed by atoms with van der Waals surface area (Å²) in [5.41, 5.74) is 0. The summed E-state index contributed by atoms with van der Waals surface area (Å²) in [5.74, 6) is 1.50. The van der Waals surface area contributed by atoms with E-state index in [2.05, 4.69) is 25.5 Å². The van der Waals surface area contributed by atoms with Gasteiger partial charge in [-0.1, -0.05) is 24.6 Å². The SMILES string of the molecule is CC(C)COc1ccc(SS)cc1. The van der Waals surface area contributed by atoms with Crippen molar-refractivity contribution in [1.29, 1.82) is 0 Å². The molecular formula is C10H14OS2. The van der Waals surface area contributed by atoms with Crippen molar-refractivity contribution in [1.82, 2.24) is 0 Å². The molecule has 0 aliphatic rings. The van der Waals surface area contributed by atoms with Gasteiger partial charge < -0.3 is 4.74 Å². The lowest BCUT2D eigenvalue weighted by Crippen LogP contribution is -2.04. The maximum atomic E-state index is 5.53. The Hall–Kier alpha value is -0.280. The zero-order chi connectivity index (χ0) is 9.68. The Labute approximate surface area is 88.7 Å². The van der Waals surface area contributed by atoms with E-state index in [0.717, 1.165) is 17.3 Å². The van der Waals surface area contributed by atoms with E-state index in [-0.39, 0.29) is 0 Å². The van der Waals surface area contributed by atoms with Gasteiger partial charge in [0.15, 0.2) is 0 Å². The first-order valence-electron chi connectivity index (χ1n) is 4.26. The molecule has 0 N–H and O–H groups in total. The summed E-state index contributed by atoms with van der Waals surface area (Å²) in [4.78, 5) is 1.14. The van der Waals surface area contributed by atoms with Crippen LogP contribution < -0.4 is 4.74 Å². The third-order valence-corrected chi connectivity index (χ3v) is 2.63. The van der Waals surface area contributed by atoms with Crippen molar-refractivity contribution >= 4 is 22.5 Å². The second-order valence-corrected chi connectivity index (χ2v) is 4.47. The lowest BCUT2D eigenvalue weighted by atomic mass is 10.2. The number of thiol groups is 1. The lowest BCUT2D eigenvalue weighted by molar-refractivity contribution is 0.271. The molecule has 0 amide bonds. The van der Waals surface area contributed by atoms with E-state index in [1.807, 2.05) is 24.3 Å². The van der Waals surface area contributed by atoms with Crippen LogP contribution in [0.15, 0.2) is 29.2 Å². The van der Waals surface area contributed by atoms with Crippen molar-refractivity contribution in [3.8, 4) is 5.75 Å². The van der Waals surface area contributed by atoms with E-state index < -0.39 is 0 Å². The number of ether oxygens (including phenoxy) is 1. The third-order valence-electron chi connectivity index (χ3n) is 1.51. The highest BCUT2D eigenvalue weighted by Crippen LogP contribution is 2.23. The monoisotopic (exact) mass is 214 g/mol. The molecule has 0 aliphatic carbocycles. The van der Waals surface area contributed by atoms with Gasteiger partial charge in [0.1, 0.15) is 5.75 Å². The first kappa shape index (κ1) is 10.8. The average molecular weight is 214 g/mol. The molecule has 0 radical (unpaired) electrons. The fourth-order valence-corrected chi connectivity index (χ4v) is 1.48. The summed E-state index contributed by atoms with van der Waals surface area (Å²) >= 11 is 4.11. The molecule has 1 aromatic carbocycles. The Kier molecular flexibility index (Phi) is 4.53. The fourth-order valence-electron chi connectivity index (χ4n) is 0.860. The molecule has 13 heavy (non-hydrogen) atoms. The summed E-state index contributed by atoms with van der Waals surface area (Å²) in [6.07, 6.45) is 0. The molecule has 0 atom stereocenters. The zero-order valence-corrected chi connectivity index (χ0v) is 9.57. The van der Waals surface area contributed by atoms with Crippen LogP contribution in [-0.2, 0) is 0 Å². The molecule has 0 saturated carbocycles. The van der Waals surface area contributed by atoms with E-state index in [1.165, 1.54) is 10.8 Å². The number of hydrogen-bond donors (Lipinski definition) is 1. The predicted molar refractivity (Wildman–Crippen MR) is 61.6 cm³/mol. The highest BCUT2D eigenvalue weighted by atomic mass is 33.1. The van der Waals surface area contributed by atoms with Crippen molar-refractivity contribution in [3.05, 3.63) is 24.3 Å². The number of benzene rings is 1.